The Labute approximate surface area is 152 Å². The standard InChI is InChI=1S/C20H33NO4/c1-7-23-19(24-8-2)17(14-18(22)25-20(4,5)6)21-15(3)16-12-10-9-11-13-16/h9-13,15,17,19,21H,7-8,14H2,1-6H3/t15-,17+/m1/s1. The molecule has 0 aliphatic rings. The van der Waals surface area contributed by atoms with Crippen LogP contribution >= 0.6 is 0 Å². The number of hydrogen-bond acceptors (Lipinski definition) is 5. The highest BCUT2D eigenvalue weighted by Crippen LogP contribution is 2.18. The lowest BCUT2D eigenvalue weighted by Crippen LogP contribution is -2.46. The second kappa shape index (κ2) is 10.5. The Balaban J connectivity index is 2.87. The summed E-state index contributed by atoms with van der Waals surface area (Å²) in [5.41, 5.74) is 0.628. The summed E-state index contributed by atoms with van der Waals surface area (Å²) in [5, 5.41) is 3.47. The Kier molecular flexibility index (Phi) is 9.11. The van der Waals surface area contributed by atoms with Gasteiger partial charge in [0, 0.05) is 19.3 Å². The number of benzene rings is 1. The highest BCUT2D eigenvalue weighted by Gasteiger charge is 2.29. The lowest BCUT2D eigenvalue weighted by molar-refractivity contribution is -0.172. The SMILES string of the molecule is CCOC(OCC)[C@H](CC(=O)OC(C)(C)C)N[C@H](C)c1ccccc1. The van der Waals surface area contributed by atoms with Crippen LogP contribution in [0.3, 0.4) is 0 Å². The molecule has 0 saturated carbocycles. The molecular formula is C20H33NO4. The van der Waals surface area contributed by atoms with Gasteiger partial charge < -0.3 is 19.5 Å². The van der Waals surface area contributed by atoms with E-state index in [0.717, 1.165) is 5.56 Å². The smallest absolute Gasteiger partial charge is 0.308 e. The number of carbonyl (C=O) groups excluding carboxylic acids is 1. The number of hydrogen-bond donors (Lipinski definition) is 1. The maximum absolute atomic E-state index is 12.3. The fraction of sp³-hybridized carbons (Fsp3) is 0.650. The molecule has 0 spiro atoms. The maximum atomic E-state index is 12.3. The van der Waals surface area contributed by atoms with Crippen LogP contribution in [0.25, 0.3) is 0 Å². The molecule has 5 heteroatoms. The first kappa shape index (κ1) is 21.6. The normalized spacial score (nSPS) is 14.4. The van der Waals surface area contributed by atoms with Gasteiger partial charge in [0.2, 0.25) is 0 Å². The Morgan fingerprint density at radius 2 is 1.64 bits per heavy atom. The molecular weight excluding hydrogens is 318 g/mol. The van der Waals surface area contributed by atoms with Crippen molar-refractivity contribution < 1.29 is 19.0 Å². The molecule has 0 aliphatic carbocycles. The molecule has 0 aliphatic heterocycles. The molecule has 5 nitrogen and oxygen atoms in total. The zero-order chi connectivity index (χ0) is 18.9. The quantitative estimate of drug-likeness (QED) is 0.513. The summed E-state index contributed by atoms with van der Waals surface area (Å²) >= 11 is 0. The molecule has 0 aromatic heterocycles. The molecule has 25 heavy (non-hydrogen) atoms. The average Bonchev–Trinajstić information content (AvgIpc) is 2.53. The second-order valence-electron chi connectivity index (χ2n) is 6.98. The Bertz CT molecular complexity index is 492. The maximum Gasteiger partial charge on any atom is 0.308 e. The third-order valence-electron chi connectivity index (χ3n) is 3.56. The van der Waals surface area contributed by atoms with Crippen molar-refractivity contribution in [3.05, 3.63) is 35.9 Å². The van der Waals surface area contributed by atoms with Gasteiger partial charge in [-0.25, -0.2) is 0 Å². The topological polar surface area (TPSA) is 56.8 Å². The van der Waals surface area contributed by atoms with Gasteiger partial charge >= 0.3 is 5.97 Å². The summed E-state index contributed by atoms with van der Waals surface area (Å²) in [6.45, 7) is 12.5. The number of rotatable bonds is 10. The first-order chi connectivity index (χ1) is 11.8. The van der Waals surface area contributed by atoms with Crippen molar-refractivity contribution in [1.29, 1.82) is 0 Å². The monoisotopic (exact) mass is 351 g/mol. The Hall–Kier alpha value is -1.43. The summed E-state index contributed by atoms with van der Waals surface area (Å²) in [6.07, 6.45) is -0.326. The molecule has 0 fully saturated rings. The van der Waals surface area contributed by atoms with Crippen molar-refractivity contribution in [3.8, 4) is 0 Å². The number of ether oxygens (including phenoxy) is 3. The molecule has 1 N–H and O–H groups in total. The Morgan fingerprint density at radius 3 is 2.12 bits per heavy atom. The van der Waals surface area contributed by atoms with E-state index in [2.05, 4.69) is 24.4 Å². The molecule has 0 saturated heterocycles. The average molecular weight is 351 g/mol. The van der Waals surface area contributed by atoms with Crippen molar-refractivity contribution in [2.75, 3.05) is 13.2 Å². The van der Waals surface area contributed by atoms with E-state index >= 15 is 0 Å². The van der Waals surface area contributed by atoms with E-state index in [1.165, 1.54) is 0 Å². The number of esters is 1. The van der Waals surface area contributed by atoms with Gasteiger partial charge in [-0.2, -0.15) is 0 Å². The lowest BCUT2D eigenvalue weighted by atomic mass is 10.1. The summed E-state index contributed by atoms with van der Waals surface area (Å²) in [4.78, 5) is 12.3. The molecule has 0 amide bonds. The minimum atomic E-state index is -0.514. The van der Waals surface area contributed by atoms with E-state index in [-0.39, 0.29) is 24.5 Å². The van der Waals surface area contributed by atoms with E-state index in [9.17, 15) is 4.79 Å². The fourth-order valence-corrected chi connectivity index (χ4v) is 2.56. The van der Waals surface area contributed by atoms with Crippen molar-refractivity contribution in [1.82, 2.24) is 5.32 Å². The molecule has 1 aromatic carbocycles. The second-order valence-corrected chi connectivity index (χ2v) is 6.98. The fourth-order valence-electron chi connectivity index (χ4n) is 2.56. The molecule has 2 atom stereocenters. The number of carbonyl (C=O) groups is 1. The molecule has 0 bridgehead atoms. The van der Waals surface area contributed by atoms with Crippen LogP contribution in [0.2, 0.25) is 0 Å². The van der Waals surface area contributed by atoms with Gasteiger partial charge in [0.05, 0.1) is 12.5 Å². The van der Waals surface area contributed by atoms with Gasteiger partial charge in [-0.05, 0) is 47.1 Å². The van der Waals surface area contributed by atoms with Crippen LogP contribution in [0.1, 0.15) is 59.6 Å². The van der Waals surface area contributed by atoms with Crippen LogP contribution in [0.15, 0.2) is 30.3 Å². The summed E-state index contributed by atoms with van der Waals surface area (Å²) in [6, 6.07) is 9.84. The van der Waals surface area contributed by atoms with Crippen molar-refractivity contribution in [3.63, 3.8) is 0 Å². The van der Waals surface area contributed by atoms with Crippen LogP contribution in [-0.2, 0) is 19.0 Å². The van der Waals surface area contributed by atoms with Crippen molar-refractivity contribution in [2.45, 2.75) is 71.9 Å². The molecule has 0 radical (unpaired) electrons. The van der Waals surface area contributed by atoms with Crippen LogP contribution in [0.5, 0.6) is 0 Å². The van der Waals surface area contributed by atoms with Crippen LogP contribution < -0.4 is 5.32 Å². The van der Waals surface area contributed by atoms with E-state index < -0.39 is 11.9 Å². The van der Waals surface area contributed by atoms with Crippen LogP contribution in [0, 0.1) is 0 Å². The van der Waals surface area contributed by atoms with Crippen molar-refractivity contribution >= 4 is 5.97 Å². The van der Waals surface area contributed by atoms with Gasteiger partial charge in [0.15, 0.2) is 6.29 Å². The summed E-state index contributed by atoms with van der Waals surface area (Å²) in [5.74, 6) is -0.269. The zero-order valence-electron chi connectivity index (χ0n) is 16.4. The van der Waals surface area contributed by atoms with Gasteiger partial charge in [-0.1, -0.05) is 30.3 Å². The van der Waals surface area contributed by atoms with Gasteiger partial charge in [-0.15, -0.1) is 0 Å². The first-order valence-electron chi connectivity index (χ1n) is 9.02. The number of nitrogens with one attached hydrogen (secondary N) is 1. The first-order valence-corrected chi connectivity index (χ1v) is 9.02. The predicted molar refractivity (Wildman–Crippen MR) is 99.3 cm³/mol. The molecule has 1 aromatic rings. The van der Waals surface area contributed by atoms with Gasteiger partial charge in [-0.3, -0.25) is 4.79 Å². The van der Waals surface area contributed by atoms with Gasteiger partial charge in [0.25, 0.3) is 0 Å². The van der Waals surface area contributed by atoms with Crippen LogP contribution in [0.4, 0.5) is 0 Å². The summed E-state index contributed by atoms with van der Waals surface area (Å²) < 4.78 is 16.9. The van der Waals surface area contributed by atoms with E-state index in [1.54, 1.807) is 0 Å². The molecule has 142 valence electrons. The van der Waals surface area contributed by atoms with E-state index in [1.807, 2.05) is 52.8 Å². The highest BCUT2D eigenvalue weighted by atomic mass is 16.7. The third kappa shape index (κ3) is 8.47. The highest BCUT2D eigenvalue weighted by molar-refractivity contribution is 5.70. The third-order valence-corrected chi connectivity index (χ3v) is 3.56. The summed E-state index contributed by atoms with van der Waals surface area (Å²) in [7, 11) is 0. The van der Waals surface area contributed by atoms with Crippen LogP contribution in [-0.4, -0.2) is 37.1 Å². The molecule has 0 heterocycles. The molecule has 1 rings (SSSR count). The molecule has 0 unspecified atom stereocenters. The van der Waals surface area contributed by atoms with E-state index in [4.69, 9.17) is 14.2 Å². The van der Waals surface area contributed by atoms with Crippen molar-refractivity contribution in [2.24, 2.45) is 0 Å². The Morgan fingerprint density at radius 1 is 1.08 bits per heavy atom. The minimum Gasteiger partial charge on any atom is -0.460 e. The largest absolute Gasteiger partial charge is 0.460 e. The minimum absolute atomic E-state index is 0.0528. The predicted octanol–water partition coefficient (Wildman–Crippen LogP) is 3.84. The van der Waals surface area contributed by atoms with E-state index in [0.29, 0.717) is 13.2 Å². The lowest BCUT2D eigenvalue weighted by Gasteiger charge is -2.31. The zero-order valence-corrected chi connectivity index (χ0v) is 16.4. The van der Waals surface area contributed by atoms with Gasteiger partial charge in [0.1, 0.15) is 5.60 Å².